The third-order valence-corrected chi connectivity index (χ3v) is 4.96. The number of hydrogen-bond donors (Lipinski definition) is 0. The maximum Gasteiger partial charge on any atom is 0.128 e. The first-order chi connectivity index (χ1) is 9.18. The van der Waals surface area contributed by atoms with Gasteiger partial charge in [-0.05, 0) is 58.2 Å². The lowest BCUT2D eigenvalue weighted by atomic mass is 9.74. The lowest BCUT2D eigenvalue weighted by Gasteiger charge is -2.35. The monoisotopic (exact) mass is 273 g/mol. The highest BCUT2D eigenvalue weighted by Crippen LogP contribution is 2.50. The van der Waals surface area contributed by atoms with Gasteiger partial charge in [0.05, 0.1) is 18.6 Å². The number of nitrogens with zero attached hydrogens (tertiary/aromatic N) is 1. The minimum atomic E-state index is -0.550. The molecule has 1 aliphatic heterocycles. The minimum absolute atomic E-state index is 0.502. The molecule has 1 heterocycles. The van der Waals surface area contributed by atoms with Crippen molar-refractivity contribution in [1.82, 2.24) is 0 Å². The van der Waals surface area contributed by atoms with Crippen LogP contribution in [-0.4, -0.2) is 12.7 Å². The highest BCUT2D eigenvalue weighted by atomic mass is 16.5. The van der Waals surface area contributed by atoms with Crippen LogP contribution in [0.2, 0.25) is 0 Å². The van der Waals surface area contributed by atoms with Gasteiger partial charge in [-0.3, -0.25) is 0 Å². The molecule has 0 spiro atoms. The van der Waals surface area contributed by atoms with Gasteiger partial charge in [-0.15, -0.1) is 0 Å². The Kier molecular flexibility index (Phi) is 3.25. The molecule has 1 aromatic carbocycles. The van der Waals surface area contributed by atoms with Crippen molar-refractivity contribution in [3.63, 3.8) is 0 Å². The number of hydrogen-bond acceptors (Lipinski definition) is 3. The molecule has 3 heteroatoms. The normalized spacial score (nSPS) is 21.1. The molecule has 1 aromatic rings. The van der Waals surface area contributed by atoms with E-state index >= 15 is 0 Å². The van der Waals surface area contributed by atoms with Crippen molar-refractivity contribution in [3.05, 3.63) is 22.3 Å². The second kappa shape index (κ2) is 4.41. The zero-order chi connectivity index (χ0) is 15.3. The highest BCUT2D eigenvalue weighted by Gasteiger charge is 2.49. The lowest BCUT2D eigenvalue weighted by Crippen LogP contribution is -2.45. The highest BCUT2D eigenvalue weighted by molar-refractivity contribution is 5.60. The van der Waals surface area contributed by atoms with Gasteiger partial charge < -0.3 is 9.47 Å². The first-order valence-corrected chi connectivity index (χ1v) is 6.95. The Balaban J connectivity index is 2.62. The fourth-order valence-corrected chi connectivity index (χ4v) is 2.88. The molecule has 3 nitrogen and oxygen atoms in total. The van der Waals surface area contributed by atoms with Gasteiger partial charge in [0.1, 0.15) is 17.1 Å². The van der Waals surface area contributed by atoms with Crippen LogP contribution in [0.15, 0.2) is 0 Å². The summed E-state index contributed by atoms with van der Waals surface area (Å²) in [5.41, 5.74) is 3.48. The summed E-state index contributed by atoms with van der Waals surface area (Å²) in [6.07, 6.45) is 0.742. The smallest absolute Gasteiger partial charge is 0.128 e. The zero-order valence-corrected chi connectivity index (χ0v) is 13.5. The third kappa shape index (κ3) is 1.78. The van der Waals surface area contributed by atoms with E-state index in [1.165, 1.54) is 5.56 Å². The minimum Gasteiger partial charge on any atom is -0.496 e. The molecule has 0 radical (unpaired) electrons. The van der Waals surface area contributed by atoms with Gasteiger partial charge in [-0.1, -0.05) is 0 Å². The van der Waals surface area contributed by atoms with E-state index in [-0.39, 0.29) is 0 Å². The van der Waals surface area contributed by atoms with Gasteiger partial charge in [-0.25, -0.2) is 0 Å². The summed E-state index contributed by atoms with van der Waals surface area (Å²) in [6.45, 7) is 12.1. The van der Waals surface area contributed by atoms with Crippen LogP contribution in [0.5, 0.6) is 11.5 Å². The van der Waals surface area contributed by atoms with Crippen LogP contribution in [0, 0.1) is 37.5 Å². The van der Waals surface area contributed by atoms with E-state index in [0.29, 0.717) is 0 Å². The van der Waals surface area contributed by atoms with Crippen LogP contribution < -0.4 is 9.47 Å². The molecular formula is C17H23NO2. The molecule has 1 aliphatic rings. The summed E-state index contributed by atoms with van der Waals surface area (Å²) < 4.78 is 11.8. The third-order valence-electron chi connectivity index (χ3n) is 4.96. The number of methoxy groups -OCH3 is 1. The molecule has 0 saturated heterocycles. The number of fused-ring (bicyclic) bond motifs is 1. The van der Waals surface area contributed by atoms with Crippen molar-refractivity contribution in [2.24, 2.45) is 5.41 Å². The predicted molar refractivity (Wildman–Crippen MR) is 79.3 cm³/mol. The van der Waals surface area contributed by atoms with Crippen LogP contribution in [0.1, 0.15) is 43.0 Å². The maximum absolute atomic E-state index is 9.44. The molecule has 0 aromatic heterocycles. The molecule has 1 unspecified atom stereocenters. The molecule has 0 aliphatic carbocycles. The molecule has 2 rings (SSSR count). The summed E-state index contributed by atoms with van der Waals surface area (Å²) in [4.78, 5) is 0. The summed E-state index contributed by atoms with van der Waals surface area (Å²) in [6, 6.07) is 2.38. The van der Waals surface area contributed by atoms with Crippen LogP contribution in [0.4, 0.5) is 0 Å². The van der Waals surface area contributed by atoms with Crippen LogP contribution >= 0.6 is 0 Å². The topological polar surface area (TPSA) is 42.2 Å². The van der Waals surface area contributed by atoms with Crippen LogP contribution in [0.25, 0.3) is 0 Å². The first kappa shape index (κ1) is 14.7. The van der Waals surface area contributed by atoms with Crippen molar-refractivity contribution in [3.8, 4) is 17.6 Å². The van der Waals surface area contributed by atoms with Crippen molar-refractivity contribution in [2.75, 3.05) is 7.11 Å². The van der Waals surface area contributed by atoms with Crippen molar-refractivity contribution >= 4 is 0 Å². The molecule has 0 N–H and O–H groups in total. The largest absolute Gasteiger partial charge is 0.496 e. The van der Waals surface area contributed by atoms with Crippen molar-refractivity contribution < 1.29 is 9.47 Å². The number of benzene rings is 1. The van der Waals surface area contributed by atoms with Crippen LogP contribution in [-0.2, 0) is 6.42 Å². The van der Waals surface area contributed by atoms with Crippen molar-refractivity contribution in [2.45, 2.75) is 53.6 Å². The van der Waals surface area contributed by atoms with E-state index in [2.05, 4.69) is 26.8 Å². The quantitative estimate of drug-likeness (QED) is 0.821. The zero-order valence-electron chi connectivity index (χ0n) is 13.5. The molecule has 108 valence electrons. The summed E-state index contributed by atoms with van der Waals surface area (Å²) in [7, 11) is 1.70. The van der Waals surface area contributed by atoms with E-state index in [0.717, 1.165) is 34.6 Å². The first-order valence-electron chi connectivity index (χ1n) is 6.95. The van der Waals surface area contributed by atoms with E-state index in [4.69, 9.17) is 9.47 Å². The van der Waals surface area contributed by atoms with Gasteiger partial charge >= 0.3 is 0 Å². The van der Waals surface area contributed by atoms with Crippen LogP contribution in [0.3, 0.4) is 0 Å². The van der Waals surface area contributed by atoms with E-state index in [1.54, 1.807) is 7.11 Å². The molecule has 0 bridgehead atoms. The molecule has 0 saturated carbocycles. The Labute approximate surface area is 121 Å². The molecule has 1 atom stereocenters. The van der Waals surface area contributed by atoms with Crippen molar-refractivity contribution in [1.29, 1.82) is 5.26 Å². The van der Waals surface area contributed by atoms with Gasteiger partial charge in [-0.2, -0.15) is 5.26 Å². The van der Waals surface area contributed by atoms with E-state index < -0.39 is 11.0 Å². The number of nitriles is 1. The Morgan fingerprint density at radius 1 is 1.20 bits per heavy atom. The molecule has 0 amide bonds. The summed E-state index contributed by atoms with van der Waals surface area (Å²) in [5, 5.41) is 9.44. The van der Waals surface area contributed by atoms with Gasteiger partial charge in [0.2, 0.25) is 0 Å². The molecule has 0 fully saturated rings. The fraction of sp³-hybridized carbons (Fsp3) is 0.588. The SMILES string of the molecule is COc1c(C)c(C)c2c(c1C)CC(C)(C(C)(C)C#N)O2. The van der Waals surface area contributed by atoms with Gasteiger partial charge in [0, 0.05) is 12.0 Å². The van der Waals surface area contributed by atoms with E-state index in [1.807, 2.05) is 20.8 Å². The fourth-order valence-electron chi connectivity index (χ4n) is 2.88. The number of ether oxygens (including phenoxy) is 2. The van der Waals surface area contributed by atoms with Gasteiger partial charge in [0.25, 0.3) is 0 Å². The standard InChI is InChI=1S/C17H23NO2/c1-10-11(2)15-13(12(3)14(10)19-7)8-17(6,20-15)16(4,5)9-18/h8H2,1-7H3. The molecule has 20 heavy (non-hydrogen) atoms. The average Bonchev–Trinajstić information content (AvgIpc) is 2.77. The maximum atomic E-state index is 9.44. The lowest BCUT2D eigenvalue weighted by molar-refractivity contribution is 0.0255. The number of rotatable bonds is 2. The second-order valence-electron chi connectivity index (χ2n) is 6.46. The average molecular weight is 273 g/mol. The Morgan fingerprint density at radius 3 is 2.30 bits per heavy atom. The predicted octanol–water partition coefficient (Wildman–Crippen LogP) is 3.86. The van der Waals surface area contributed by atoms with Gasteiger partial charge in [0.15, 0.2) is 0 Å². The summed E-state index contributed by atoms with van der Waals surface area (Å²) in [5.74, 6) is 1.87. The molecular weight excluding hydrogens is 250 g/mol. The Bertz CT molecular complexity index is 611. The Morgan fingerprint density at radius 2 is 1.80 bits per heavy atom. The second-order valence-corrected chi connectivity index (χ2v) is 6.46. The van der Waals surface area contributed by atoms with E-state index in [9.17, 15) is 5.26 Å². The Hall–Kier alpha value is -1.69. The summed E-state index contributed by atoms with van der Waals surface area (Å²) >= 11 is 0.